The molecule has 192 valence electrons. The van der Waals surface area contributed by atoms with Crippen LogP contribution in [0.1, 0.15) is 35.4 Å². The fraction of sp³-hybridized carbons (Fsp3) is 0.222. The van der Waals surface area contributed by atoms with Gasteiger partial charge in [0.15, 0.2) is 0 Å². The number of sulfonamides is 1. The molecule has 10 heteroatoms. The van der Waals surface area contributed by atoms with E-state index in [2.05, 4.69) is 9.72 Å². The van der Waals surface area contributed by atoms with Crippen LogP contribution in [0, 0.1) is 0 Å². The van der Waals surface area contributed by atoms with E-state index in [0.29, 0.717) is 16.9 Å². The normalized spacial score (nSPS) is 14.1. The standard InChI is InChI=1S/C27H23F3N2O4S/c28-27(29,30)36-22-11-5-18(6-12-22)16-32(37(34,35)23-13-7-19(17-33)8-14-23)26-25(20-9-10-20)24-4-2-1-3-21(24)15-31-26/h1-8,11-15,20,33H,9-10,16-17H2. The molecule has 1 aromatic heterocycles. The van der Waals surface area contributed by atoms with Gasteiger partial charge in [-0.3, -0.25) is 0 Å². The van der Waals surface area contributed by atoms with Crippen LogP contribution in [0.4, 0.5) is 19.0 Å². The third kappa shape index (κ3) is 5.40. The number of benzene rings is 3. The lowest BCUT2D eigenvalue weighted by Gasteiger charge is -2.27. The summed E-state index contributed by atoms with van der Waals surface area (Å²) in [5.74, 6) is 0.0569. The number of hydrogen-bond donors (Lipinski definition) is 1. The second-order valence-corrected chi connectivity index (χ2v) is 10.7. The minimum atomic E-state index is -4.83. The lowest BCUT2D eigenvalue weighted by atomic mass is 10.0. The minimum Gasteiger partial charge on any atom is -0.406 e. The Labute approximate surface area is 212 Å². The van der Waals surface area contributed by atoms with Gasteiger partial charge in [-0.25, -0.2) is 17.7 Å². The van der Waals surface area contributed by atoms with Crippen molar-refractivity contribution in [3.05, 3.63) is 95.7 Å². The summed E-state index contributed by atoms with van der Waals surface area (Å²) in [4.78, 5) is 4.60. The van der Waals surface area contributed by atoms with Gasteiger partial charge in [-0.2, -0.15) is 0 Å². The number of nitrogens with zero attached hydrogens (tertiary/aromatic N) is 2. The Kier molecular flexibility index (Phi) is 6.55. The lowest BCUT2D eigenvalue weighted by Crippen LogP contribution is -2.32. The van der Waals surface area contributed by atoms with Gasteiger partial charge in [0.25, 0.3) is 10.0 Å². The number of alkyl halides is 3. The Balaban J connectivity index is 1.61. The van der Waals surface area contributed by atoms with Crippen molar-refractivity contribution in [2.75, 3.05) is 4.31 Å². The maximum Gasteiger partial charge on any atom is 0.573 e. The number of aromatic nitrogens is 1. The highest BCUT2D eigenvalue weighted by molar-refractivity contribution is 7.92. The van der Waals surface area contributed by atoms with Crippen molar-refractivity contribution in [3.8, 4) is 5.75 Å². The zero-order valence-electron chi connectivity index (χ0n) is 19.5. The smallest absolute Gasteiger partial charge is 0.406 e. The van der Waals surface area contributed by atoms with Gasteiger partial charge in [-0.1, -0.05) is 48.5 Å². The SMILES string of the molecule is O=S(=O)(c1ccc(CO)cc1)N(Cc1ccc(OC(F)(F)F)cc1)c1ncc2ccccc2c1C1CC1. The molecule has 5 rings (SSSR count). The minimum absolute atomic E-state index is 0.0124. The Hall–Kier alpha value is -3.63. The number of pyridine rings is 1. The van der Waals surface area contributed by atoms with Gasteiger partial charge in [0, 0.05) is 17.1 Å². The fourth-order valence-electron chi connectivity index (χ4n) is 4.28. The second-order valence-electron chi connectivity index (χ2n) is 8.86. The first-order chi connectivity index (χ1) is 17.7. The van der Waals surface area contributed by atoms with Gasteiger partial charge in [0.1, 0.15) is 11.6 Å². The van der Waals surface area contributed by atoms with Crippen molar-refractivity contribution < 1.29 is 31.4 Å². The van der Waals surface area contributed by atoms with Crippen molar-refractivity contribution in [2.24, 2.45) is 0 Å². The monoisotopic (exact) mass is 528 g/mol. The van der Waals surface area contributed by atoms with E-state index in [1.54, 1.807) is 6.20 Å². The van der Waals surface area contributed by atoms with E-state index >= 15 is 0 Å². The highest BCUT2D eigenvalue weighted by Gasteiger charge is 2.35. The van der Waals surface area contributed by atoms with Gasteiger partial charge in [0.2, 0.25) is 0 Å². The van der Waals surface area contributed by atoms with Gasteiger partial charge < -0.3 is 9.84 Å². The number of anilines is 1. The topological polar surface area (TPSA) is 79.7 Å². The molecule has 1 N–H and O–H groups in total. The maximum atomic E-state index is 14.0. The Morgan fingerprint density at radius 1 is 0.946 bits per heavy atom. The molecule has 6 nitrogen and oxygen atoms in total. The molecule has 1 heterocycles. The molecule has 1 aliphatic rings. The molecule has 37 heavy (non-hydrogen) atoms. The van der Waals surface area contributed by atoms with Crippen molar-refractivity contribution in [1.82, 2.24) is 4.98 Å². The zero-order chi connectivity index (χ0) is 26.2. The Morgan fingerprint density at radius 2 is 1.59 bits per heavy atom. The average molecular weight is 529 g/mol. The quantitative estimate of drug-likeness (QED) is 0.308. The first kappa shape index (κ1) is 25.0. The van der Waals surface area contributed by atoms with Crippen LogP contribution in [0.25, 0.3) is 10.8 Å². The number of halogens is 3. The summed E-state index contributed by atoms with van der Waals surface area (Å²) in [5, 5.41) is 11.2. The van der Waals surface area contributed by atoms with Gasteiger partial charge >= 0.3 is 6.36 Å². The number of aliphatic hydroxyl groups excluding tert-OH is 1. The number of hydrogen-bond acceptors (Lipinski definition) is 5. The zero-order valence-corrected chi connectivity index (χ0v) is 20.3. The van der Waals surface area contributed by atoms with Crippen LogP contribution in [0.5, 0.6) is 5.75 Å². The third-order valence-corrected chi connectivity index (χ3v) is 7.97. The summed E-state index contributed by atoms with van der Waals surface area (Å²) in [7, 11) is -4.14. The number of aliphatic hydroxyl groups is 1. The Morgan fingerprint density at radius 3 is 2.22 bits per heavy atom. The van der Waals surface area contributed by atoms with E-state index in [4.69, 9.17) is 0 Å². The molecule has 3 aromatic carbocycles. The van der Waals surface area contributed by atoms with Crippen LogP contribution in [0.3, 0.4) is 0 Å². The van der Waals surface area contributed by atoms with Crippen LogP contribution in [0.15, 0.2) is 83.9 Å². The van der Waals surface area contributed by atoms with Crippen LogP contribution >= 0.6 is 0 Å². The molecule has 4 aromatic rings. The maximum absolute atomic E-state index is 14.0. The van der Waals surface area contributed by atoms with Crippen LogP contribution in [-0.4, -0.2) is 24.9 Å². The second kappa shape index (κ2) is 9.68. The number of ether oxygens (including phenoxy) is 1. The van der Waals surface area contributed by atoms with Crippen molar-refractivity contribution in [1.29, 1.82) is 0 Å². The average Bonchev–Trinajstić information content (AvgIpc) is 3.72. The summed E-state index contributed by atoms with van der Waals surface area (Å²) in [6.45, 7) is -0.379. The third-order valence-electron chi connectivity index (χ3n) is 6.22. The van der Waals surface area contributed by atoms with Crippen molar-refractivity contribution in [3.63, 3.8) is 0 Å². The first-order valence-corrected chi connectivity index (χ1v) is 13.0. The fourth-order valence-corrected chi connectivity index (χ4v) is 5.71. The molecule has 0 saturated heterocycles. The van der Waals surface area contributed by atoms with Gasteiger partial charge in [0.05, 0.1) is 18.0 Å². The predicted octanol–water partition coefficient (Wildman–Crippen LogP) is 5.90. The molecule has 0 aliphatic heterocycles. The summed E-state index contributed by atoms with van der Waals surface area (Å²) in [6, 6.07) is 18.7. The van der Waals surface area contributed by atoms with Crippen LogP contribution in [-0.2, 0) is 23.2 Å². The molecular weight excluding hydrogens is 505 g/mol. The van der Waals surface area contributed by atoms with Gasteiger partial charge in [-0.15, -0.1) is 13.2 Å². The molecule has 0 bridgehead atoms. The van der Waals surface area contributed by atoms with Crippen LogP contribution in [0.2, 0.25) is 0 Å². The van der Waals surface area contributed by atoms with E-state index in [-0.39, 0.29) is 24.0 Å². The van der Waals surface area contributed by atoms with E-state index in [0.717, 1.165) is 41.3 Å². The van der Waals surface area contributed by atoms with Crippen LogP contribution < -0.4 is 9.04 Å². The molecule has 0 radical (unpaired) electrons. The molecule has 1 aliphatic carbocycles. The molecule has 0 spiro atoms. The summed E-state index contributed by atoms with van der Waals surface area (Å²) < 4.78 is 70.9. The van der Waals surface area contributed by atoms with E-state index in [9.17, 15) is 26.7 Å². The highest BCUT2D eigenvalue weighted by Crippen LogP contribution is 2.47. The van der Waals surface area contributed by atoms with Crippen molar-refractivity contribution >= 4 is 26.6 Å². The Bertz CT molecular complexity index is 1520. The van der Waals surface area contributed by atoms with E-state index in [1.165, 1.54) is 40.7 Å². The molecule has 1 fully saturated rings. The van der Waals surface area contributed by atoms with E-state index < -0.39 is 22.1 Å². The van der Waals surface area contributed by atoms with E-state index in [1.807, 2.05) is 24.3 Å². The molecular formula is C27H23F3N2O4S. The molecule has 0 unspecified atom stereocenters. The lowest BCUT2D eigenvalue weighted by molar-refractivity contribution is -0.274. The first-order valence-electron chi connectivity index (χ1n) is 11.6. The number of fused-ring (bicyclic) bond motifs is 1. The van der Waals surface area contributed by atoms with Crippen molar-refractivity contribution in [2.45, 2.75) is 43.2 Å². The highest BCUT2D eigenvalue weighted by atomic mass is 32.2. The largest absolute Gasteiger partial charge is 0.573 e. The predicted molar refractivity (Wildman–Crippen MR) is 133 cm³/mol. The summed E-state index contributed by atoms with van der Waals surface area (Å²) in [5.41, 5.74) is 1.86. The molecule has 1 saturated carbocycles. The van der Waals surface area contributed by atoms with Gasteiger partial charge in [-0.05, 0) is 59.5 Å². The molecule has 0 amide bonds. The summed E-state index contributed by atoms with van der Waals surface area (Å²) in [6.07, 6.45) is -1.38. The summed E-state index contributed by atoms with van der Waals surface area (Å²) >= 11 is 0. The molecule has 0 atom stereocenters. The number of rotatable bonds is 8.